The summed E-state index contributed by atoms with van der Waals surface area (Å²) in [5.74, 6) is 0.263. The van der Waals surface area contributed by atoms with Gasteiger partial charge in [-0.25, -0.2) is 0 Å². The van der Waals surface area contributed by atoms with Crippen molar-refractivity contribution in [1.82, 2.24) is 0 Å². The smallest absolute Gasteiger partial charge is 0.227 e. The van der Waals surface area contributed by atoms with E-state index in [0.29, 0.717) is 0 Å². The molecule has 15 heavy (non-hydrogen) atoms. The van der Waals surface area contributed by atoms with Crippen molar-refractivity contribution in [2.45, 2.75) is 33.6 Å². The Hall–Kier alpha value is -1.31. The Balaban J connectivity index is 2.70. The van der Waals surface area contributed by atoms with Crippen LogP contribution in [0.4, 0.5) is 5.69 Å². The molecule has 0 aromatic heterocycles. The Kier molecular flexibility index (Phi) is 4.35. The van der Waals surface area contributed by atoms with Crippen LogP contribution < -0.4 is 5.32 Å². The number of hydrogen-bond donors (Lipinski definition) is 1. The summed E-state index contributed by atoms with van der Waals surface area (Å²) in [6.07, 6.45) is 1.79. The van der Waals surface area contributed by atoms with Crippen molar-refractivity contribution in [1.29, 1.82) is 0 Å². The van der Waals surface area contributed by atoms with Gasteiger partial charge in [0.2, 0.25) is 5.91 Å². The molecule has 82 valence electrons. The minimum atomic E-state index is 0.129. The van der Waals surface area contributed by atoms with Crippen LogP contribution in [0.1, 0.15) is 32.3 Å². The van der Waals surface area contributed by atoms with Gasteiger partial charge in [-0.1, -0.05) is 32.0 Å². The molecule has 0 heterocycles. The van der Waals surface area contributed by atoms with Crippen LogP contribution >= 0.6 is 0 Å². The first kappa shape index (κ1) is 11.8. The Bertz CT molecular complexity index is 329. The van der Waals surface area contributed by atoms with Crippen molar-refractivity contribution >= 4 is 11.6 Å². The molecular formula is C13H19NO. The van der Waals surface area contributed by atoms with E-state index in [4.69, 9.17) is 0 Å². The average molecular weight is 205 g/mol. The maximum atomic E-state index is 11.8. The van der Waals surface area contributed by atoms with Crippen molar-refractivity contribution in [3.05, 3.63) is 29.8 Å². The highest BCUT2D eigenvalue weighted by molar-refractivity contribution is 5.93. The number of carbonyl (C=O) groups is 1. The van der Waals surface area contributed by atoms with Crippen LogP contribution in [0.25, 0.3) is 0 Å². The molecule has 0 unspecified atom stereocenters. The number of nitrogens with one attached hydrogen (secondary N) is 1. The van der Waals surface area contributed by atoms with Gasteiger partial charge in [-0.05, 0) is 31.4 Å². The van der Waals surface area contributed by atoms with Crippen molar-refractivity contribution in [3.63, 3.8) is 0 Å². The maximum Gasteiger partial charge on any atom is 0.227 e. The molecule has 1 amide bonds. The van der Waals surface area contributed by atoms with Crippen molar-refractivity contribution in [2.24, 2.45) is 5.92 Å². The fourth-order valence-electron chi connectivity index (χ4n) is 1.61. The third-order valence-corrected chi connectivity index (χ3v) is 2.76. The molecule has 1 rings (SSSR count). The van der Waals surface area contributed by atoms with Gasteiger partial charge in [-0.2, -0.15) is 0 Å². The highest BCUT2D eigenvalue weighted by Gasteiger charge is 2.14. The van der Waals surface area contributed by atoms with E-state index in [-0.39, 0.29) is 11.8 Å². The summed E-state index contributed by atoms with van der Waals surface area (Å²) in [6.45, 7) is 6.10. The first-order valence-corrected chi connectivity index (χ1v) is 5.55. The van der Waals surface area contributed by atoms with E-state index in [0.717, 1.165) is 24.1 Å². The van der Waals surface area contributed by atoms with Crippen LogP contribution in [0.15, 0.2) is 24.3 Å². The van der Waals surface area contributed by atoms with Gasteiger partial charge < -0.3 is 5.32 Å². The third kappa shape index (κ3) is 3.08. The predicted octanol–water partition coefficient (Wildman–Crippen LogP) is 3.37. The lowest BCUT2D eigenvalue weighted by molar-refractivity contribution is -0.120. The van der Waals surface area contributed by atoms with Crippen molar-refractivity contribution < 1.29 is 4.79 Å². The number of amides is 1. The standard InChI is InChI=1S/C13H19NO/c1-4-11(5-2)13(15)14-12-9-7-6-8-10(12)3/h6-9,11H,4-5H2,1-3H3,(H,14,15). The van der Waals surface area contributed by atoms with Gasteiger partial charge in [0.1, 0.15) is 0 Å². The van der Waals surface area contributed by atoms with E-state index in [1.165, 1.54) is 0 Å². The first-order valence-electron chi connectivity index (χ1n) is 5.55. The molecule has 1 aromatic carbocycles. The monoisotopic (exact) mass is 205 g/mol. The third-order valence-electron chi connectivity index (χ3n) is 2.76. The molecule has 0 aliphatic carbocycles. The van der Waals surface area contributed by atoms with Gasteiger partial charge in [0.25, 0.3) is 0 Å². The number of carbonyl (C=O) groups excluding carboxylic acids is 1. The quantitative estimate of drug-likeness (QED) is 0.802. The van der Waals surface area contributed by atoms with E-state index in [1.807, 2.05) is 45.0 Å². The maximum absolute atomic E-state index is 11.8. The van der Waals surface area contributed by atoms with Gasteiger partial charge in [0.05, 0.1) is 0 Å². The predicted molar refractivity (Wildman–Crippen MR) is 63.9 cm³/mol. The Labute approximate surface area is 91.7 Å². The SMILES string of the molecule is CCC(CC)C(=O)Nc1ccccc1C. The summed E-state index contributed by atoms with van der Waals surface area (Å²) in [5.41, 5.74) is 2.03. The molecular weight excluding hydrogens is 186 g/mol. The fraction of sp³-hybridized carbons (Fsp3) is 0.462. The molecule has 0 saturated carbocycles. The number of rotatable bonds is 4. The Morgan fingerprint density at radius 1 is 1.27 bits per heavy atom. The highest BCUT2D eigenvalue weighted by Crippen LogP contribution is 2.16. The number of hydrogen-bond acceptors (Lipinski definition) is 1. The lowest BCUT2D eigenvalue weighted by atomic mass is 10.0. The normalized spacial score (nSPS) is 10.4. The van der Waals surface area contributed by atoms with Gasteiger partial charge >= 0.3 is 0 Å². The highest BCUT2D eigenvalue weighted by atomic mass is 16.1. The molecule has 0 aliphatic heterocycles. The molecule has 1 aromatic rings. The molecule has 0 radical (unpaired) electrons. The number of aryl methyl sites for hydroxylation is 1. The largest absolute Gasteiger partial charge is 0.326 e. The summed E-state index contributed by atoms with van der Waals surface area (Å²) in [6, 6.07) is 7.86. The summed E-state index contributed by atoms with van der Waals surface area (Å²) >= 11 is 0. The molecule has 0 spiro atoms. The van der Waals surface area contributed by atoms with Crippen LogP contribution in [0.2, 0.25) is 0 Å². The lowest BCUT2D eigenvalue weighted by Gasteiger charge is -2.14. The van der Waals surface area contributed by atoms with E-state index in [2.05, 4.69) is 5.32 Å². The minimum absolute atomic E-state index is 0.129. The summed E-state index contributed by atoms with van der Waals surface area (Å²) in [4.78, 5) is 11.8. The van der Waals surface area contributed by atoms with Gasteiger partial charge in [-0.3, -0.25) is 4.79 Å². The number of para-hydroxylation sites is 1. The van der Waals surface area contributed by atoms with E-state index >= 15 is 0 Å². The van der Waals surface area contributed by atoms with E-state index < -0.39 is 0 Å². The van der Waals surface area contributed by atoms with Crippen LogP contribution in [0.3, 0.4) is 0 Å². The fourth-order valence-corrected chi connectivity index (χ4v) is 1.61. The molecule has 2 heteroatoms. The lowest BCUT2D eigenvalue weighted by Crippen LogP contribution is -2.22. The molecule has 0 atom stereocenters. The molecule has 0 saturated heterocycles. The van der Waals surface area contributed by atoms with Crippen LogP contribution in [0.5, 0.6) is 0 Å². The summed E-state index contributed by atoms with van der Waals surface area (Å²) in [5, 5.41) is 2.97. The van der Waals surface area contributed by atoms with Crippen LogP contribution in [0, 0.1) is 12.8 Å². The molecule has 0 fully saturated rings. The second-order valence-corrected chi connectivity index (χ2v) is 3.82. The zero-order valence-corrected chi connectivity index (χ0v) is 9.71. The number of benzene rings is 1. The topological polar surface area (TPSA) is 29.1 Å². The Morgan fingerprint density at radius 3 is 2.40 bits per heavy atom. The Morgan fingerprint density at radius 2 is 1.87 bits per heavy atom. The zero-order valence-electron chi connectivity index (χ0n) is 9.71. The minimum Gasteiger partial charge on any atom is -0.326 e. The first-order chi connectivity index (χ1) is 7.19. The molecule has 0 aliphatic rings. The summed E-state index contributed by atoms with van der Waals surface area (Å²) in [7, 11) is 0. The number of anilines is 1. The molecule has 0 bridgehead atoms. The summed E-state index contributed by atoms with van der Waals surface area (Å²) < 4.78 is 0. The van der Waals surface area contributed by atoms with Crippen LogP contribution in [-0.2, 0) is 4.79 Å². The van der Waals surface area contributed by atoms with Gasteiger partial charge in [0, 0.05) is 11.6 Å². The van der Waals surface area contributed by atoms with Gasteiger partial charge in [0.15, 0.2) is 0 Å². The van der Waals surface area contributed by atoms with E-state index in [1.54, 1.807) is 0 Å². The molecule has 2 nitrogen and oxygen atoms in total. The van der Waals surface area contributed by atoms with Gasteiger partial charge in [-0.15, -0.1) is 0 Å². The average Bonchev–Trinajstić information content (AvgIpc) is 2.23. The van der Waals surface area contributed by atoms with E-state index in [9.17, 15) is 4.79 Å². The zero-order chi connectivity index (χ0) is 11.3. The second kappa shape index (κ2) is 5.54. The van der Waals surface area contributed by atoms with Crippen LogP contribution in [-0.4, -0.2) is 5.91 Å². The molecule has 1 N–H and O–H groups in total. The van der Waals surface area contributed by atoms with Crippen molar-refractivity contribution in [2.75, 3.05) is 5.32 Å². The van der Waals surface area contributed by atoms with Crippen molar-refractivity contribution in [3.8, 4) is 0 Å². The second-order valence-electron chi connectivity index (χ2n) is 3.82.